The molecule has 1 saturated carbocycles. The molecule has 0 aromatic heterocycles. The van der Waals surface area contributed by atoms with Crippen molar-refractivity contribution in [3.8, 4) is 0 Å². The van der Waals surface area contributed by atoms with E-state index in [1.54, 1.807) is 0 Å². The van der Waals surface area contributed by atoms with E-state index in [-0.39, 0.29) is 12.0 Å². The van der Waals surface area contributed by atoms with Gasteiger partial charge in [-0.3, -0.25) is 4.79 Å². The summed E-state index contributed by atoms with van der Waals surface area (Å²) in [5.41, 5.74) is 0. The number of carboxylic acid groups (broad SMARTS) is 1. The van der Waals surface area contributed by atoms with Crippen molar-refractivity contribution < 1.29 is 14.6 Å². The number of hydrogen-bond acceptors (Lipinski definition) is 3. The van der Waals surface area contributed by atoms with E-state index in [0.717, 1.165) is 38.9 Å². The molecule has 4 heteroatoms. The van der Waals surface area contributed by atoms with Crippen LogP contribution in [0.15, 0.2) is 0 Å². The average Bonchev–Trinajstić information content (AvgIpc) is 2.13. The Labute approximate surface area is 83.6 Å². The standard InChI is InChI=1S/C10H17NO3/c12-10(13)8-3-4-9(8)11-7-2-1-5-14-6-7/h7-9,11H,1-6H2,(H,12,13). The maximum atomic E-state index is 10.8. The SMILES string of the molecule is O=C(O)C1CCC1NC1CCCOC1. The highest BCUT2D eigenvalue weighted by molar-refractivity contribution is 5.72. The molecule has 2 aliphatic rings. The van der Waals surface area contributed by atoms with E-state index in [1.807, 2.05) is 0 Å². The van der Waals surface area contributed by atoms with Crippen LogP contribution in [0.3, 0.4) is 0 Å². The van der Waals surface area contributed by atoms with Crippen LogP contribution >= 0.6 is 0 Å². The van der Waals surface area contributed by atoms with E-state index < -0.39 is 5.97 Å². The molecule has 1 aliphatic heterocycles. The third-order valence-corrected chi connectivity index (χ3v) is 3.20. The van der Waals surface area contributed by atoms with Crippen LogP contribution in [-0.2, 0) is 9.53 Å². The summed E-state index contributed by atoms with van der Waals surface area (Å²) in [5, 5.41) is 12.2. The van der Waals surface area contributed by atoms with Crippen LogP contribution < -0.4 is 5.32 Å². The lowest BCUT2D eigenvalue weighted by atomic mass is 9.79. The highest BCUT2D eigenvalue weighted by atomic mass is 16.5. The highest BCUT2D eigenvalue weighted by Gasteiger charge is 2.37. The molecule has 2 rings (SSSR count). The van der Waals surface area contributed by atoms with Gasteiger partial charge >= 0.3 is 5.97 Å². The Morgan fingerprint density at radius 3 is 2.71 bits per heavy atom. The van der Waals surface area contributed by atoms with Crippen molar-refractivity contribution in [2.24, 2.45) is 5.92 Å². The van der Waals surface area contributed by atoms with Gasteiger partial charge in [-0.1, -0.05) is 0 Å². The van der Waals surface area contributed by atoms with Gasteiger partial charge in [0.1, 0.15) is 0 Å². The summed E-state index contributed by atoms with van der Waals surface area (Å²) in [6.07, 6.45) is 4.01. The van der Waals surface area contributed by atoms with Crippen molar-refractivity contribution in [3.05, 3.63) is 0 Å². The summed E-state index contributed by atoms with van der Waals surface area (Å²) in [6, 6.07) is 0.551. The Bertz CT molecular complexity index is 213. The van der Waals surface area contributed by atoms with Gasteiger partial charge in [0.25, 0.3) is 0 Å². The molecular weight excluding hydrogens is 182 g/mol. The number of ether oxygens (including phenoxy) is 1. The molecule has 3 unspecified atom stereocenters. The maximum Gasteiger partial charge on any atom is 0.308 e. The van der Waals surface area contributed by atoms with Gasteiger partial charge in [-0.15, -0.1) is 0 Å². The summed E-state index contributed by atoms with van der Waals surface area (Å²) in [6.45, 7) is 1.59. The second-order valence-corrected chi connectivity index (χ2v) is 4.21. The first kappa shape index (κ1) is 9.93. The second kappa shape index (κ2) is 4.28. The lowest BCUT2D eigenvalue weighted by Gasteiger charge is -2.38. The highest BCUT2D eigenvalue weighted by Crippen LogP contribution is 2.28. The summed E-state index contributed by atoms with van der Waals surface area (Å²) < 4.78 is 5.34. The Balaban J connectivity index is 1.76. The first-order valence-corrected chi connectivity index (χ1v) is 5.34. The quantitative estimate of drug-likeness (QED) is 0.699. The third kappa shape index (κ3) is 2.07. The molecule has 1 aliphatic carbocycles. The van der Waals surface area contributed by atoms with E-state index >= 15 is 0 Å². The molecular formula is C10H17NO3. The van der Waals surface area contributed by atoms with Gasteiger partial charge in [0, 0.05) is 18.7 Å². The van der Waals surface area contributed by atoms with Crippen LogP contribution in [-0.4, -0.2) is 36.4 Å². The Morgan fingerprint density at radius 2 is 2.21 bits per heavy atom. The van der Waals surface area contributed by atoms with Crippen molar-refractivity contribution in [2.45, 2.75) is 37.8 Å². The molecule has 2 N–H and O–H groups in total. The molecule has 0 bridgehead atoms. The number of aliphatic carboxylic acids is 1. The molecule has 4 nitrogen and oxygen atoms in total. The van der Waals surface area contributed by atoms with E-state index in [1.165, 1.54) is 0 Å². The number of rotatable bonds is 3. The third-order valence-electron chi connectivity index (χ3n) is 3.20. The summed E-state index contributed by atoms with van der Waals surface area (Å²) in [5.74, 6) is -0.831. The van der Waals surface area contributed by atoms with Crippen molar-refractivity contribution in [2.75, 3.05) is 13.2 Å². The first-order chi connectivity index (χ1) is 6.77. The molecule has 80 valence electrons. The molecule has 2 fully saturated rings. The van der Waals surface area contributed by atoms with Gasteiger partial charge < -0.3 is 15.2 Å². The molecule has 0 aromatic carbocycles. The van der Waals surface area contributed by atoms with E-state index in [9.17, 15) is 4.79 Å². The fourth-order valence-corrected chi connectivity index (χ4v) is 2.17. The Morgan fingerprint density at radius 1 is 1.36 bits per heavy atom. The Kier molecular flexibility index (Phi) is 3.03. The minimum atomic E-state index is -0.662. The van der Waals surface area contributed by atoms with E-state index in [4.69, 9.17) is 9.84 Å². The molecule has 14 heavy (non-hydrogen) atoms. The smallest absolute Gasteiger partial charge is 0.308 e. The van der Waals surface area contributed by atoms with Crippen molar-refractivity contribution in [1.82, 2.24) is 5.32 Å². The predicted molar refractivity (Wildman–Crippen MR) is 51.1 cm³/mol. The summed E-state index contributed by atoms with van der Waals surface area (Å²) >= 11 is 0. The monoisotopic (exact) mass is 199 g/mol. The van der Waals surface area contributed by atoms with Crippen molar-refractivity contribution in [3.63, 3.8) is 0 Å². The number of nitrogens with one attached hydrogen (secondary N) is 1. The zero-order valence-electron chi connectivity index (χ0n) is 8.24. The van der Waals surface area contributed by atoms with Gasteiger partial charge in [0.15, 0.2) is 0 Å². The molecule has 1 saturated heterocycles. The summed E-state index contributed by atoms with van der Waals surface area (Å²) in [4.78, 5) is 10.8. The maximum absolute atomic E-state index is 10.8. The average molecular weight is 199 g/mol. The number of carboxylic acids is 1. The zero-order valence-corrected chi connectivity index (χ0v) is 8.24. The van der Waals surface area contributed by atoms with Gasteiger partial charge in [-0.05, 0) is 25.7 Å². The lowest BCUT2D eigenvalue weighted by Crippen LogP contribution is -2.53. The van der Waals surface area contributed by atoms with E-state index in [2.05, 4.69) is 5.32 Å². The van der Waals surface area contributed by atoms with Crippen LogP contribution in [0.4, 0.5) is 0 Å². The second-order valence-electron chi connectivity index (χ2n) is 4.21. The molecule has 0 spiro atoms. The van der Waals surface area contributed by atoms with Crippen LogP contribution in [0, 0.1) is 5.92 Å². The first-order valence-electron chi connectivity index (χ1n) is 5.34. The predicted octanol–water partition coefficient (Wildman–Crippen LogP) is 0.618. The number of carbonyl (C=O) groups is 1. The summed E-state index contributed by atoms with van der Waals surface area (Å²) in [7, 11) is 0. The van der Waals surface area contributed by atoms with Crippen LogP contribution in [0.1, 0.15) is 25.7 Å². The molecule has 0 amide bonds. The minimum Gasteiger partial charge on any atom is -0.481 e. The largest absolute Gasteiger partial charge is 0.481 e. The van der Waals surface area contributed by atoms with Crippen LogP contribution in [0.2, 0.25) is 0 Å². The molecule has 0 radical (unpaired) electrons. The van der Waals surface area contributed by atoms with Crippen molar-refractivity contribution in [1.29, 1.82) is 0 Å². The van der Waals surface area contributed by atoms with Gasteiger partial charge in [0.05, 0.1) is 12.5 Å². The van der Waals surface area contributed by atoms with E-state index in [0.29, 0.717) is 6.04 Å². The number of hydrogen-bond donors (Lipinski definition) is 2. The minimum absolute atomic E-state index is 0.170. The molecule has 3 atom stereocenters. The van der Waals surface area contributed by atoms with Gasteiger partial charge in [-0.2, -0.15) is 0 Å². The lowest BCUT2D eigenvalue weighted by molar-refractivity contribution is -0.146. The Hall–Kier alpha value is -0.610. The topological polar surface area (TPSA) is 58.6 Å². The van der Waals surface area contributed by atoms with Crippen molar-refractivity contribution >= 4 is 5.97 Å². The van der Waals surface area contributed by atoms with Crippen LogP contribution in [0.5, 0.6) is 0 Å². The molecule has 1 heterocycles. The fourth-order valence-electron chi connectivity index (χ4n) is 2.17. The fraction of sp³-hybridized carbons (Fsp3) is 0.900. The van der Waals surface area contributed by atoms with Gasteiger partial charge in [-0.25, -0.2) is 0 Å². The van der Waals surface area contributed by atoms with Gasteiger partial charge in [0.2, 0.25) is 0 Å². The zero-order chi connectivity index (χ0) is 9.97. The normalized spacial score (nSPS) is 37.6. The van der Waals surface area contributed by atoms with Crippen LogP contribution in [0.25, 0.3) is 0 Å². The molecule has 0 aromatic rings.